The fraction of sp³-hybridized carbons (Fsp3) is 0.257. The van der Waals surface area contributed by atoms with Crippen molar-refractivity contribution in [1.82, 2.24) is 19.9 Å². The molecule has 0 radical (unpaired) electrons. The fourth-order valence-electron chi connectivity index (χ4n) is 11.5. The van der Waals surface area contributed by atoms with Gasteiger partial charge in [-0.25, -0.2) is 0 Å². The number of hydrogen-bond donors (Lipinski definition) is 4. The van der Waals surface area contributed by atoms with E-state index >= 15 is 0 Å². The van der Waals surface area contributed by atoms with Gasteiger partial charge in [0.25, 0.3) is 0 Å². The van der Waals surface area contributed by atoms with Gasteiger partial charge in [-0.05, 0) is 155 Å². The molecule has 1 aliphatic rings. The fourth-order valence-corrected chi connectivity index (χ4v) is 11.5. The molecule has 8 bridgehead atoms. The van der Waals surface area contributed by atoms with E-state index in [1.165, 1.54) is 0 Å². The average molecular weight is 1070 g/mol. The molecule has 4 aromatic heterocycles. The van der Waals surface area contributed by atoms with Gasteiger partial charge in [-0.2, -0.15) is 0 Å². The molecule has 11 rings (SSSR count). The highest BCUT2D eigenvalue weighted by Crippen LogP contribution is 2.42. The smallest absolute Gasteiger partial charge is 0.126 e. The van der Waals surface area contributed by atoms with E-state index in [1.807, 2.05) is 49.1 Å². The first kappa shape index (κ1) is 53.3. The number of fused-ring (bicyclic) bond motifs is 8. The van der Waals surface area contributed by atoms with Crippen LogP contribution in [0.15, 0.2) is 195 Å². The molecule has 0 spiro atoms. The maximum absolute atomic E-state index is 6.92. The van der Waals surface area contributed by atoms with Gasteiger partial charge >= 0.3 is 0 Å². The van der Waals surface area contributed by atoms with Gasteiger partial charge < -0.3 is 48.4 Å². The van der Waals surface area contributed by atoms with Crippen LogP contribution in [0.4, 0.5) is 0 Å². The molecule has 10 aromatic rings. The van der Waals surface area contributed by atoms with Crippen LogP contribution in [0, 0.1) is 0 Å². The lowest BCUT2D eigenvalue weighted by Gasteiger charge is -2.29. The first-order valence-electron chi connectivity index (χ1n) is 28.3. The topological polar surface area (TPSA) is 119 Å². The van der Waals surface area contributed by atoms with Crippen LogP contribution in [0.3, 0.4) is 0 Å². The number of para-hydroxylation sites is 4. The van der Waals surface area contributed by atoms with Gasteiger partial charge in [0, 0.05) is 73.2 Å². The normalized spacial score (nSPS) is 12.4. The van der Waals surface area contributed by atoms with E-state index < -0.39 is 10.8 Å². The molecule has 0 amide bonds. The predicted molar refractivity (Wildman–Crippen MR) is 318 cm³/mol. The molecule has 4 N–H and O–H groups in total. The number of benzene rings is 6. The van der Waals surface area contributed by atoms with Gasteiger partial charge in [0.05, 0.1) is 24.0 Å². The van der Waals surface area contributed by atoms with Crippen molar-refractivity contribution in [3.05, 3.63) is 273 Å². The Labute approximate surface area is 470 Å². The van der Waals surface area contributed by atoms with Crippen molar-refractivity contribution in [3.8, 4) is 34.5 Å². The lowest BCUT2D eigenvalue weighted by molar-refractivity contribution is 0.214. The molecular weight excluding hydrogens is 993 g/mol. The Morgan fingerprint density at radius 2 is 0.550 bits per heavy atom. The number of aromatic amines is 4. The van der Waals surface area contributed by atoms with Crippen LogP contribution in [0.2, 0.25) is 0 Å². The zero-order chi connectivity index (χ0) is 54.7. The summed E-state index contributed by atoms with van der Waals surface area (Å²) in [5, 5.41) is 0. The Kier molecular flexibility index (Phi) is 16.3. The highest BCUT2D eigenvalue weighted by Gasteiger charge is 2.34. The minimum Gasteiger partial charge on any atom is -0.493 e. The molecule has 408 valence electrons. The van der Waals surface area contributed by atoms with Gasteiger partial charge in [-0.15, -0.1) is 0 Å². The first-order chi connectivity index (χ1) is 39.3. The van der Waals surface area contributed by atoms with E-state index in [0.717, 1.165) is 126 Å². The van der Waals surface area contributed by atoms with Gasteiger partial charge in [-0.1, -0.05) is 111 Å². The summed E-state index contributed by atoms with van der Waals surface area (Å²) in [4.78, 5) is 13.8. The van der Waals surface area contributed by atoms with E-state index in [2.05, 4.69) is 193 Å². The maximum Gasteiger partial charge on any atom is 0.126 e. The number of ether oxygens (including phenoxy) is 6. The third-order valence-electron chi connectivity index (χ3n) is 15.7. The SMILES string of the molecule is CCCOc1c2cccc1Cc1cccc(c1OCCOc1ccc(C(C)(c3ccc[nH]3)c3ccc[nH]3)cc1)Cc1cccc(c1OCCC)Cc1cccc(c1OCCOc1ccc(C(C)(c3ccc[nH]3)c3ccc[nH]3)cc1)C2. The Balaban J connectivity index is 0.862. The van der Waals surface area contributed by atoms with Crippen molar-refractivity contribution in [3.63, 3.8) is 0 Å². The molecule has 1 aliphatic carbocycles. The zero-order valence-electron chi connectivity index (χ0n) is 46.4. The van der Waals surface area contributed by atoms with Crippen molar-refractivity contribution in [2.75, 3.05) is 39.6 Å². The summed E-state index contributed by atoms with van der Waals surface area (Å²) >= 11 is 0. The summed E-state index contributed by atoms with van der Waals surface area (Å²) in [6.07, 6.45) is 12.1. The van der Waals surface area contributed by atoms with Crippen LogP contribution >= 0.6 is 0 Å². The molecule has 80 heavy (non-hydrogen) atoms. The second-order valence-corrected chi connectivity index (χ2v) is 21.1. The second-order valence-electron chi connectivity index (χ2n) is 21.1. The van der Waals surface area contributed by atoms with Crippen molar-refractivity contribution in [1.29, 1.82) is 0 Å². The van der Waals surface area contributed by atoms with Gasteiger partial charge in [0.2, 0.25) is 0 Å². The van der Waals surface area contributed by atoms with Gasteiger partial charge in [0.15, 0.2) is 0 Å². The van der Waals surface area contributed by atoms with Crippen LogP contribution in [-0.4, -0.2) is 59.6 Å². The van der Waals surface area contributed by atoms with Crippen LogP contribution in [-0.2, 0) is 36.5 Å². The van der Waals surface area contributed by atoms with E-state index in [0.29, 0.717) is 65.3 Å². The van der Waals surface area contributed by atoms with Gasteiger partial charge in [-0.3, -0.25) is 0 Å². The summed E-state index contributed by atoms with van der Waals surface area (Å²) in [5.41, 5.74) is 14.6. The van der Waals surface area contributed by atoms with Crippen molar-refractivity contribution in [2.24, 2.45) is 0 Å². The molecule has 0 fully saturated rings. The van der Waals surface area contributed by atoms with Crippen LogP contribution in [0.5, 0.6) is 34.5 Å². The minimum absolute atomic E-state index is 0.351. The Hall–Kier alpha value is -8.76. The van der Waals surface area contributed by atoms with Crippen LogP contribution in [0.1, 0.15) is 119 Å². The molecule has 10 heteroatoms. The summed E-state index contributed by atoms with van der Waals surface area (Å²) in [6.45, 7) is 11.4. The number of rotatable bonds is 22. The molecule has 0 atom stereocenters. The average Bonchev–Trinajstić information content (AvgIpc) is 4.38. The molecule has 6 aromatic carbocycles. The molecule has 0 unspecified atom stereocenters. The van der Waals surface area contributed by atoms with E-state index in [1.54, 1.807) is 0 Å². The quantitative estimate of drug-likeness (QED) is 0.0502. The molecule has 10 nitrogen and oxygen atoms in total. The molecular formula is C70H72N4O6. The van der Waals surface area contributed by atoms with Crippen LogP contribution in [0.25, 0.3) is 0 Å². The van der Waals surface area contributed by atoms with Crippen molar-refractivity contribution >= 4 is 0 Å². The summed E-state index contributed by atoms with van der Waals surface area (Å²) in [5.74, 6) is 5.09. The number of hydrogen-bond acceptors (Lipinski definition) is 6. The molecule has 0 saturated heterocycles. The highest BCUT2D eigenvalue weighted by atomic mass is 16.5. The summed E-state index contributed by atoms with van der Waals surface area (Å²) in [6, 6.07) is 59.6. The number of H-pyrrole nitrogens is 4. The second kappa shape index (κ2) is 24.5. The predicted octanol–water partition coefficient (Wildman–Crippen LogP) is 14.9. The van der Waals surface area contributed by atoms with E-state index in [-0.39, 0.29) is 0 Å². The lowest BCUT2D eigenvalue weighted by atomic mass is 9.77. The monoisotopic (exact) mass is 1060 g/mol. The third-order valence-corrected chi connectivity index (χ3v) is 15.7. The van der Waals surface area contributed by atoms with E-state index in [4.69, 9.17) is 28.4 Å². The summed E-state index contributed by atoms with van der Waals surface area (Å²) in [7, 11) is 0. The largest absolute Gasteiger partial charge is 0.493 e. The molecule has 4 heterocycles. The Morgan fingerprint density at radius 1 is 0.300 bits per heavy atom. The Bertz CT molecular complexity index is 3160. The van der Waals surface area contributed by atoms with Gasteiger partial charge in [0.1, 0.15) is 60.9 Å². The van der Waals surface area contributed by atoms with E-state index in [9.17, 15) is 0 Å². The number of aromatic nitrogens is 4. The highest BCUT2D eigenvalue weighted by molar-refractivity contribution is 5.57. The molecule has 0 aliphatic heterocycles. The van der Waals surface area contributed by atoms with Crippen molar-refractivity contribution in [2.45, 2.75) is 77.0 Å². The Morgan fingerprint density at radius 3 is 0.787 bits per heavy atom. The zero-order valence-corrected chi connectivity index (χ0v) is 46.4. The lowest BCUT2D eigenvalue weighted by Crippen LogP contribution is -2.26. The van der Waals surface area contributed by atoms with Crippen LogP contribution < -0.4 is 28.4 Å². The first-order valence-corrected chi connectivity index (χ1v) is 28.3. The summed E-state index contributed by atoms with van der Waals surface area (Å²) < 4.78 is 40.2. The third kappa shape index (κ3) is 11.3. The number of nitrogens with one attached hydrogen (secondary N) is 4. The maximum atomic E-state index is 6.92. The minimum atomic E-state index is -0.390. The molecule has 0 saturated carbocycles. The van der Waals surface area contributed by atoms with Crippen molar-refractivity contribution < 1.29 is 28.4 Å². The standard InChI is InChI=1S/C70H72N4O6/c1-5-39-77-65-49-15-7-16-50(65)46-54-20-10-22-56(68(54)80-44-42-76-60-33-29-58(30-34-60)70(4,63-25-13-37-73-63)64-26-14-38-74-64)48-52-18-8-17-51(66(52)78-40-6-2)47-55-21-9-19-53(45-49)67(55)79-43-41-75-59-31-27-57(28-32-59)69(3,61-23-11-35-71-61)62-24-12-36-72-62/h7-38,71-74H,5-6,39-48H2,1-4H3.